The number of aliphatic hydroxyl groups is 2. The summed E-state index contributed by atoms with van der Waals surface area (Å²) >= 11 is 0. The van der Waals surface area contributed by atoms with Crippen molar-refractivity contribution < 1.29 is 10.2 Å². The highest BCUT2D eigenvalue weighted by molar-refractivity contribution is 5.99. The van der Waals surface area contributed by atoms with Gasteiger partial charge in [0.1, 0.15) is 5.84 Å². The van der Waals surface area contributed by atoms with Crippen molar-refractivity contribution in [2.45, 2.75) is 50.2 Å². The molecule has 1 aromatic carbocycles. The number of rotatable bonds is 7. The van der Waals surface area contributed by atoms with E-state index in [-0.39, 0.29) is 24.5 Å². The highest BCUT2D eigenvalue weighted by Crippen LogP contribution is 2.62. The van der Waals surface area contributed by atoms with E-state index >= 15 is 0 Å². The molecule has 4 bridgehead atoms. The van der Waals surface area contributed by atoms with Crippen LogP contribution in [0.3, 0.4) is 0 Å². The standard InChI is InChI=1S/C28H41N5O2/c1-3-18(4-2)27(30)31-26-20-13-19-15-28(35,16-20)17-23(26)25(19)22-14-21(5-6-24(22)29)33-9-7-32(8-10-33)11-12-34/h3-6,14,19-20,23,25-26,34-35H,1,7-13,15-17,29H2,2H3,(H2,30,31)/b18-4-/t19?,20?,23?,25?,26?,28-/m0/s1. The smallest absolute Gasteiger partial charge is 0.125 e. The molecule has 0 aromatic heterocycles. The fourth-order valence-corrected chi connectivity index (χ4v) is 7.62. The zero-order chi connectivity index (χ0) is 24.7. The highest BCUT2D eigenvalue weighted by atomic mass is 16.3. The second-order valence-corrected chi connectivity index (χ2v) is 11.1. The number of aliphatic hydroxyl groups excluding tert-OH is 1. The molecule has 4 aliphatic carbocycles. The Morgan fingerprint density at radius 2 is 1.94 bits per heavy atom. The zero-order valence-electron chi connectivity index (χ0n) is 20.9. The van der Waals surface area contributed by atoms with Crippen LogP contribution in [0.2, 0.25) is 0 Å². The van der Waals surface area contributed by atoms with Crippen molar-refractivity contribution in [2.75, 3.05) is 50.0 Å². The average molecular weight is 480 g/mol. The Balaban J connectivity index is 1.45. The SMILES string of the molecule is C=C/C(=C/C)C(N)=NC1C2CC3C[C@](O)(C2)CC1C3c1cc(N2CCN(CCO)CC2)ccc1N. The number of nitrogens with two attached hydrogens (primary N) is 2. The number of nitrogen functional groups attached to an aromatic ring is 1. The molecular formula is C28H41N5O2. The van der Waals surface area contributed by atoms with E-state index in [0.29, 0.717) is 17.7 Å². The summed E-state index contributed by atoms with van der Waals surface area (Å²) < 4.78 is 0. The van der Waals surface area contributed by atoms with Gasteiger partial charge in [0.15, 0.2) is 0 Å². The minimum Gasteiger partial charge on any atom is -0.398 e. The molecule has 5 aliphatic rings. The van der Waals surface area contributed by atoms with E-state index < -0.39 is 5.60 Å². The number of benzene rings is 1. The summed E-state index contributed by atoms with van der Waals surface area (Å²) in [7, 11) is 0. The average Bonchev–Trinajstić information content (AvgIpc) is 2.83. The molecule has 7 nitrogen and oxygen atoms in total. The third-order valence-corrected chi connectivity index (χ3v) is 9.09. The lowest BCUT2D eigenvalue weighted by atomic mass is 9.47. The van der Waals surface area contributed by atoms with Crippen LogP contribution in [0.4, 0.5) is 11.4 Å². The van der Waals surface area contributed by atoms with Gasteiger partial charge in [0.25, 0.3) is 0 Å². The van der Waals surface area contributed by atoms with Crippen molar-refractivity contribution in [3.63, 3.8) is 0 Å². The topological polar surface area (TPSA) is 111 Å². The second kappa shape index (κ2) is 9.60. The summed E-state index contributed by atoms with van der Waals surface area (Å²) in [6.07, 6.45) is 7.22. The molecule has 5 unspecified atom stereocenters. The van der Waals surface area contributed by atoms with Crippen LogP contribution in [0.5, 0.6) is 0 Å². The van der Waals surface area contributed by atoms with Gasteiger partial charge in [-0.25, -0.2) is 0 Å². The fraction of sp³-hybridized carbons (Fsp3) is 0.607. The number of hydrogen-bond donors (Lipinski definition) is 4. The van der Waals surface area contributed by atoms with E-state index in [1.54, 1.807) is 6.08 Å². The summed E-state index contributed by atoms with van der Waals surface area (Å²) in [4.78, 5) is 9.79. The van der Waals surface area contributed by atoms with Gasteiger partial charge in [-0.15, -0.1) is 0 Å². The first-order chi connectivity index (χ1) is 16.9. The monoisotopic (exact) mass is 479 g/mol. The lowest BCUT2D eigenvalue weighted by molar-refractivity contribution is -0.143. The maximum absolute atomic E-state index is 11.3. The van der Waals surface area contributed by atoms with Crippen molar-refractivity contribution >= 4 is 17.2 Å². The number of amidine groups is 1. The number of piperazine rings is 1. The molecule has 6 rings (SSSR count). The predicted octanol–water partition coefficient (Wildman–Crippen LogP) is 2.51. The van der Waals surface area contributed by atoms with E-state index in [1.165, 1.54) is 11.3 Å². The molecule has 1 aliphatic heterocycles. The van der Waals surface area contributed by atoms with Crippen LogP contribution in [-0.2, 0) is 0 Å². The van der Waals surface area contributed by atoms with E-state index in [9.17, 15) is 10.2 Å². The van der Waals surface area contributed by atoms with E-state index in [0.717, 1.165) is 69.7 Å². The molecule has 1 aromatic rings. The number of aliphatic imine (C=N–C) groups is 1. The van der Waals surface area contributed by atoms with Gasteiger partial charge in [-0.2, -0.15) is 0 Å². The largest absolute Gasteiger partial charge is 0.398 e. The Morgan fingerprint density at radius 3 is 2.63 bits per heavy atom. The Morgan fingerprint density at radius 1 is 1.20 bits per heavy atom. The number of allylic oxidation sites excluding steroid dienone is 1. The second-order valence-electron chi connectivity index (χ2n) is 11.1. The lowest BCUT2D eigenvalue weighted by Gasteiger charge is -2.60. The van der Waals surface area contributed by atoms with E-state index in [4.69, 9.17) is 16.5 Å². The molecule has 190 valence electrons. The molecule has 0 radical (unpaired) electrons. The van der Waals surface area contributed by atoms with Crippen LogP contribution in [-0.4, -0.2) is 71.9 Å². The van der Waals surface area contributed by atoms with Gasteiger partial charge in [0.05, 0.1) is 18.2 Å². The Kier molecular flexibility index (Phi) is 6.68. The van der Waals surface area contributed by atoms with Crippen molar-refractivity contribution in [2.24, 2.45) is 28.5 Å². The molecular weight excluding hydrogens is 438 g/mol. The summed E-state index contributed by atoms with van der Waals surface area (Å²) in [5.41, 5.74) is 16.6. The maximum atomic E-state index is 11.3. The number of anilines is 2. The van der Waals surface area contributed by atoms with Gasteiger partial charge in [-0.3, -0.25) is 9.89 Å². The molecule has 0 amide bonds. The first kappa shape index (κ1) is 24.3. The van der Waals surface area contributed by atoms with Crippen molar-refractivity contribution in [3.05, 3.63) is 48.1 Å². The minimum atomic E-state index is -0.577. The molecule has 1 saturated heterocycles. The lowest BCUT2D eigenvalue weighted by Crippen LogP contribution is -2.59. The molecule has 6 atom stereocenters. The quantitative estimate of drug-likeness (QED) is 0.207. The van der Waals surface area contributed by atoms with Crippen LogP contribution in [0, 0.1) is 17.8 Å². The maximum Gasteiger partial charge on any atom is 0.125 e. The van der Waals surface area contributed by atoms with Gasteiger partial charge in [0, 0.05) is 49.7 Å². The van der Waals surface area contributed by atoms with Gasteiger partial charge in [0.2, 0.25) is 0 Å². The van der Waals surface area contributed by atoms with Crippen LogP contribution in [0.15, 0.2) is 47.5 Å². The van der Waals surface area contributed by atoms with Crippen LogP contribution in [0.1, 0.15) is 44.1 Å². The molecule has 4 saturated carbocycles. The van der Waals surface area contributed by atoms with Crippen LogP contribution >= 0.6 is 0 Å². The summed E-state index contributed by atoms with van der Waals surface area (Å²) in [5, 5.41) is 20.6. The Labute approximate surface area is 209 Å². The summed E-state index contributed by atoms with van der Waals surface area (Å²) in [5.74, 6) is 1.84. The third-order valence-electron chi connectivity index (χ3n) is 9.09. The number of hydrogen-bond acceptors (Lipinski definition) is 6. The van der Waals surface area contributed by atoms with Gasteiger partial charge in [-0.05, 0) is 80.0 Å². The highest BCUT2D eigenvalue weighted by Gasteiger charge is 2.59. The molecule has 0 spiro atoms. The van der Waals surface area contributed by atoms with Gasteiger partial charge >= 0.3 is 0 Å². The first-order valence-corrected chi connectivity index (χ1v) is 13.2. The first-order valence-electron chi connectivity index (χ1n) is 13.2. The molecule has 1 heterocycles. The van der Waals surface area contributed by atoms with Crippen LogP contribution < -0.4 is 16.4 Å². The third kappa shape index (κ3) is 4.50. The molecule has 7 heteroatoms. The van der Waals surface area contributed by atoms with E-state index in [1.807, 2.05) is 13.0 Å². The van der Waals surface area contributed by atoms with Crippen LogP contribution in [0.25, 0.3) is 0 Å². The Hall–Kier alpha value is -2.35. The number of β-amino-alcohol motifs (C(OH)–C–C–N with tert-alkyl or cyclic N) is 1. The Bertz CT molecular complexity index is 1010. The van der Waals surface area contributed by atoms with Crippen molar-refractivity contribution in [1.29, 1.82) is 0 Å². The normalized spacial score (nSPS) is 35.5. The van der Waals surface area contributed by atoms with Gasteiger partial charge in [-0.1, -0.05) is 18.7 Å². The number of nitrogens with zero attached hydrogens (tertiary/aromatic N) is 3. The van der Waals surface area contributed by atoms with Crippen molar-refractivity contribution in [3.8, 4) is 0 Å². The molecule has 6 N–H and O–H groups in total. The molecule has 35 heavy (non-hydrogen) atoms. The zero-order valence-corrected chi connectivity index (χ0v) is 20.9. The van der Waals surface area contributed by atoms with Gasteiger partial charge < -0.3 is 26.6 Å². The summed E-state index contributed by atoms with van der Waals surface area (Å²) in [6.45, 7) is 10.6. The minimum absolute atomic E-state index is 0.0943. The van der Waals surface area contributed by atoms with Crippen molar-refractivity contribution in [1.82, 2.24) is 4.90 Å². The predicted molar refractivity (Wildman–Crippen MR) is 143 cm³/mol. The van der Waals surface area contributed by atoms with E-state index in [2.05, 4.69) is 34.6 Å². The molecule has 5 fully saturated rings. The summed E-state index contributed by atoms with van der Waals surface area (Å²) in [6, 6.07) is 6.60. The fourth-order valence-electron chi connectivity index (χ4n) is 7.62.